The van der Waals surface area contributed by atoms with Gasteiger partial charge in [0.05, 0.1) is 38.1 Å². The van der Waals surface area contributed by atoms with E-state index in [9.17, 15) is 5.11 Å². The van der Waals surface area contributed by atoms with Gasteiger partial charge in [0, 0.05) is 6.61 Å². The molecule has 0 aliphatic carbocycles. The Hall–Kier alpha value is -0.160. The van der Waals surface area contributed by atoms with Gasteiger partial charge in [0.1, 0.15) is 0 Å². The fourth-order valence-corrected chi connectivity index (χ4v) is 0.951. The molecule has 0 saturated carbocycles. The van der Waals surface area contributed by atoms with Crippen molar-refractivity contribution in [1.82, 2.24) is 0 Å². The summed E-state index contributed by atoms with van der Waals surface area (Å²) in [5.74, 6) is 0. The molecule has 0 aromatic heterocycles. The Morgan fingerprint density at radius 2 is 1.50 bits per heavy atom. The second-order valence-electron chi connectivity index (χ2n) is 4.35. The summed E-state index contributed by atoms with van der Waals surface area (Å²) in [5, 5.41) is 9.39. The van der Waals surface area contributed by atoms with Gasteiger partial charge in [0.25, 0.3) is 0 Å². The summed E-state index contributed by atoms with van der Waals surface area (Å²) in [6.45, 7) is 10.6. The molecule has 0 fully saturated rings. The highest BCUT2D eigenvalue weighted by atomic mass is 16.6. The third kappa shape index (κ3) is 8.05. The van der Waals surface area contributed by atoms with Crippen molar-refractivity contribution in [3.8, 4) is 0 Å². The maximum absolute atomic E-state index is 9.39. The van der Waals surface area contributed by atoms with Crippen LogP contribution in [0.5, 0.6) is 0 Å². The predicted molar refractivity (Wildman–Crippen MR) is 63.6 cm³/mol. The summed E-state index contributed by atoms with van der Waals surface area (Å²) in [7, 11) is 0. The molecule has 1 atom stereocenters. The molecule has 0 aliphatic heterocycles. The van der Waals surface area contributed by atoms with Crippen LogP contribution in [0.3, 0.4) is 0 Å². The van der Waals surface area contributed by atoms with Gasteiger partial charge in [-0.05, 0) is 27.2 Å². The van der Waals surface area contributed by atoms with Gasteiger partial charge in [-0.25, -0.2) is 0 Å². The van der Waals surface area contributed by atoms with E-state index >= 15 is 0 Å². The third-order valence-corrected chi connectivity index (χ3v) is 2.43. The molecule has 0 rings (SSSR count). The maximum Gasteiger partial charge on any atom is 0.0882 e. The first-order valence-electron chi connectivity index (χ1n) is 5.98. The lowest BCUT2D eigenvalue weighted by Gasteiger charge is -2.28. The molecule has 0 spiro atoms. The van der Waals surface area contributed by atoms with Crippen LogP contribution >= 0.6 is 0 Å². The first-order valence-corrected chi connectivity index (χ1v) is 5.98. The summed E-state index contributed by atoms with van der Waals surface area (Å²) >= 11 is 0. The van der Waals surface area contributed by atoms with Gasteiger partial charge in [-0.3, -0.25) is 0 Å². The highest BCUT2D eigenvalue weighted by Crippen LogP contribution is 2.13. The van der Waals surface area contributed by atoms with Crippen LogP contribution < -0.4 is 0 Å². The smallest absolute Gasteiger partial charge is 0.0882 e. The third-order valence-electron chi connectivity index (χ3n) is 2.43. The Morgan fingerprint density at radius 3 is 2.00 bits per heavy atom. The van der Waals surface area contributed by atoms with Gasteiger partial charge in [0.2, 0.25) is 0 Å². The molecule has 0 saturated heterocycles. The summed E-state index contributed by atoms with van der Waals surface area (Å²) < 4.78 is 16.1. The van der Waals surface area contributed by atoms with Crippen molar-refractivity contribution in [3.05, 3.63) is 0 Å². The van der Waals surface area contributed by atoms with Gasteiger partial charge < -0.3 is 19.3 Å². The Labute approximate surface area is 98.9 Å². The molecular formula is C12H26O4. The monoisotopic (exact) mass is 234 g/mol. The van der Waals surface area contributed by atoms with E-state index in [1.54, 1.807) is 6.92 Å². The Kier molecular flexibility index (Phi) is 8.84. The van der Waals surface area contributed by atoms with Crippen molar-refractivity contribution in [2.45, 2.75) is 45.8 Å². The van der Waals surface area contributed by atoms with E-state index in [-0.39, 0.29) is 0 Å². The van der Waals surface area contributed by atoms with E-state index in [0.29, 0.717) is 26.4 Å². The van der Waals surface area contributed by atoms with Crippen LogP contribution in [0.2, 0.25) is 0 Å². The number of hydrogen-bond acceptors (Lipinski definition) is 4. The SMILES string of the molecule is CCCOCCOCCOC(C)(C)C(C)O. The van der Waals surface area contributed by atoms with Gasteiger partial charge in [-0.2, -0.15) is 0 Å². The van der Waals surface area contributed by atoms with Gasteiger partial charge in [0.15, 0.2) is 0 Å². The molecule has 4 heteroatoms. The average Bonchev–Trinajstić information content (AvgIpc) is 2.21. The van der Waals surface area contributed by atoms with Crippen LogP contribution in [0.1, 0.15) is 34.1 Å². The molecule has 0 radical (unpaired) electrons. The minimum absolute atomic E-state index is 0.486. The van der Waals surface area contributed by atoms with Crippen LogP contribution in [-0.4, -0.2) is 49.8 Å². The van der Waals surface area contributed by atoms with E-state index in [1.807, 2.05) is 13.8 Å². The molecule has 0 aromatic rings. The van der Waals surface area contributed by atoms with Gasteiger partial charge in [-0.1, -0.05) is 6.92 Å². The van der Waals surface area contributed by atoms with E-state index < -0.39 is 11.7 Å². The fourth-order valence-electron chi connectivity index (χ4n) is 0.951. The molecule has 1 unspecified atom stereocenters. The van der Waals surface area contributed by atoms with Crippen molar-refractivity contribution in [2.24, 2.45) is 0 Å². The van der Waals surface area contributed by atoms with Gasteiger partial charge in [-0.15, -0.1) is 0 Å². The van der Waals surface area contributed by atoms with Crippen molar-refractivity contribution < 1.29 is 19.3 Å². The van der Waals surface area contributed by atoms with Crippen LogP contribution in [-0.2, 0) is 14.2 Å². The topological polar surface area (TPSA) is 47.9 Å². The van der Waals surface area contributed by atoms with Crippen molar-refractivity contribution in [1.29, 1.82) is 0 Å². The number of aliphatic hydroxyl groups excluding tert-OH is 1. The fraction of sp³-hybridized carbons (Fsp3) is 1.00. The molecule has 0 amide bonds. The molecule has 0 heterocycles. The molecule has 0 aliphatic rings. The zero-order valence-corrected chi connectivity index (χ0v) is 11.0. The summed E-state index contributed by atoms with van der Waals surface area (Å²) in [6, 6.07) is 0. The van der Waals surface area contributed by atoms with E-state index in [0.717, 1.165) is 13.0 Å². The van der Waals surface area contributed by atoms with E-state index in [4.69, 9.17) is 14.2 Å². The second-order valence-corrected chi connectivity index (χ2v) is 4.35. The number of ether oxygens (including phenoxy) is 3. The van der Waals surface area contributed by atoms with E-state index in [1.165, 1.54) is 0 Å². The molecule has 0 aromatic carbocycles. The lowest BCUT2D eigenvalue weighted by Crippen LogP contribution is -2.37. The Balaban J connectivity index is 3.27. The lowest BCUT2D eigenvalue weighted by atomic mass is 10.0. The Morgan fingerprint density at radius 1 is 1.00 bits per heavy atom. The maximum atomic E-state index is 9.39. The minimum atomic E-state index is -0.512. The quantitative estimate of drug-likeness (QED) is 0.583. The zero-order chi connectivity index (χ0) is 12.4. The van der Waals surface area contributed by atoms with Crippen molar-refractivity contribution in [3.63, 3.8) is 0 Å². The first-order chi connectivity index (χ1) is 7.50. The van der Waals surface area contributed by atoms with Gasteiger partial charge >= 0.3 is 0 Å². The molecule has 98 valence electrons. The molecule has 4 nitrogen and oxygen atoms in total. The summed E-state index contributed by atoms with van der Waals surface area (Å²) in [4.78, 5) is 0. The molecule has 16 heavy (non-hydrogen) atoms. The largest absolute Gasteiger partial charge is 0.390 e. The first kappa shape index (κ1) is 15.8. The van der Waals surface area contributed by atoms with Crippen LogP contribution in [0, 0.1) is 0 Å². The van der Waals surface area contributed by atoms with Crippen molar-refractivity contribution >= 4 is 0 Å². The van der Waals surface area contributed by atoms with Crippen LogP contribution in [0.15, 0.2) is 0 Å². The number of hydrogen-bond donors (Lipinski definition) is 1. The highest BCUT2D eigenvalue weighted by molar-refractivity contribution is 4.74. The molecule has 0 bridgehead atoms. The number of aliphatic hydroxyl groups is 1. The van der Waals surface area contributed by atoms with Crippen LogP contribution in [0.4, 0.5) is 0 Å². The van der Waals surface area contributed by atoms with E-state index in [2.05, 4.69) is 6.92 Å². The summed E-state index contributed by atoms with van der Waals surface area (Å²) in [6.07, 6.45) is 0.548. The number of rotatable bonds is 10. The minimum Gasteiger partial charge on any atom is -0.390 e. The zero-order valence-electron chi connectivity index (χ0n) is 11.0. The highest BCUT2D eigenvalue weighted by Gasteiger charge is 2.24. The molecule has 1 N–H and O–H groups in total. The average molecular weight is 234 g/mol. The lowest BCUT2D eigenvalue weighted by molar-refractivity contribution is -0.108. The van der Waals surface area contributed by atoms with Crippen molar-refractivity contribution in [2.75, 3.05) is 33.0 Å². The molecular weight excluding hydrogens is 208 g/mol. The van der Waals surface area contributed by atoms with Crippen LogP contribution in [0.25, 0.3) is 0 Å². The predicted octanol–water partition coefficient (Wildman–Crippen LogP) is 1.61. The Bertz CT molecular complexity index is 157. The standard InChI is InChI=1S/C12H26O4/c1-5-6-14-7-8-15-9-10-16-12(3,4)11(2)13/h11,13H,5-10H2,1-4H3. The summed E-state index contributed by atoms with van der Waals surface area (Å²) in [5.41, 5.74) is -0.512. The second kappa shape index (κ2) is 8.93. The normalized spacial score (nSPS) is 14.1.